The molecule has 0 saturated carbocycles. The van der Waals surface area contributed by atoms with Gasteiger partial charge in [-0.05, 0) is 31.2 Å². The standard InChI is InChI=1S/C18H22N2O3/c1-15-7-9-17(10-8-15)23-14-12-20-18(21)19-11-13-22-16-5-3-2-4-6-16/h2-10H,11-14H2,1H3,(H2,19,20,21). The molecule has 2 aromatic rings. The summed E-state index contributed by atoms with van der Waals surface area (Å²) in [5.41, 5.74) is 1.19. The van der Waals surface area contributed by atoms with E-state index >= 15 is 0 Å². The summed E-state index contributed by atoms with van der Waals surface area (Å²) < 4.78 is 11.0. The maximum absolute atomic E-state index is 11.6. The van der Waals surface area contributed by atoms with E-state index in [9.17, 15) is 4.79 Å². The fraction of sp³-hybridized carbons (Fsp3) is 0.278. The summed E-state index contributed by atoms with van der Waals surface area (Å²) >= 11 is 0. The molecular weight excluding hydrogens is 292 g/mol. The lowest BCUT2D eigenvalue weighted by atomic mass is 10.2. The largest absolute Gasteiger partial charge is 0.492 e. The predicted molar refractivity (Wildman–Crippen MR) is 90.0 cm³/mol. The number of benzene rings is 2. The van der Waals surface area contributed by atoms with E-state index < -0.39 is 0 Å². The predicted octanol–water partition coefficient (Wildman–Crippen LogP) is 2.75. The zero-order valence-electron chi connectivity index (χ0n) is 13.2. The number of hydrogen-bond acceptors (Lipinski definition) is 3. The Bertz CT molecular complexity index is 585. The Balaban J connectivity index is 1.51. The van der Waals surface area contributed by atoms with Gasteiger partial charge in [-0.1, -0.05) is 35.9 Å². The van der Waals surface area contributed by atoms with Gasteiger partial charge < -0.3 is 20.1 Å². The molecule has 0 bridgehead atoms. The molecule has 0 radical (unpaired) electrons. The van der Waals surface area contributed by atoms with Crippen LogP contribution < -0.4 is 20.1 Å². The Hall–Kier alpha value is -2.69. The lowest BCUT2D eigenvalue weighted by molar-refractivity contribution is 0.232. The van der Waals surface area contributed by atoms with Gasteiger partial charge in [-0.25, -0.2) is 4.79 Å². The molecule has 0 saturated heterocycles. The van der Waals surface area contributed by atoms with Crippen molar-refractivity contribution in [2.24, 2.45) is 0 Å². The average Bonchev–Trinajstić information content (AvgIpc) is 2.58. The van der Waals surface area contributed by atoms with Crippen LogP contribution in [0.2, 0.25) is 0 Å². The van der Waals surface area contributed by atoms with Crippen molar-refractivity contribution in [3.63, 3.8) is 0 Å². The number of urea groups is 1. The van der Waals surface area contributed by atoms with Crippen LogP contribution in [0, 0.1) is 6.92 Å². The number of carbonyl (C=O) groups is 1. The maximum Gasteiger partial charge on any atom is 0.315 e. The van der Waals surface area contributed by atoms with E-state index in [-0.39, 0.29) is 6.03 Å². The normalized spacial score (nSPS) is 9.96. The smallest absolute Gasteiger partial charge is 0.315 e. The van der Waals surface area contributed by atoms with E-state index in [2.05, 4.69) is 10.6 Å². The van der Waals surface area contributed by atoms with Crippen molar-refractivity contribution in [3.05, 3.63) is 60.2 Å². The van der Waals surface area contributed by atoms with Gasteiger partial charge in [-0.15, -0.1) is 0 Å². The molecule has 0 aliphatic carbocycles. The molecule has 2 amide bonds. The van der Waals surface area contributed by atoms with Gasteiger partial charge in [0.25, 0.3) is 0 Å². The van der Waals surface area contributed by atoms with Crippen molar-refractivity contribution in [2.75, 3.05) is 26.3 Å². The zero-order chi connectivity index (χ0) is 16.3. The molecular formula is C18H22N2O3. The van der Waals surface area contributed by atoms with Gasteiger partial charge in [-0.2, -0.15) is 0 Å². The van der Waals surface area contributed by atoms with Gasteiger partial charge in [0.1, 0.15) is 24.7 Å². The highest BCUT2D eigenvalue weighted by molar-refractivity contribution is 5.73. The van der Waals surface area contributed by atoms with Crippen LogP contribution in [0.1, 0.15) is 5.56 Å². The fourth-order valence-corrected chi connectivity index (χ4v) is 1.88. The number of amides is 2. The molecule has 0 aliphatic rings. The van der Waals surface area contributed by atoms with Crippen molar-refractivity contribution in [3.8, 4) is 11.5 Å². The van der Waals surface area contributed by atoms with E-state index in [4.69, 9.17) is 9.47 Å². The molecule has 122 valence electrons. The molecule has 2 aromatic carbocycles. The second-order valence-corrected chi connectivity index (χ2v) is 5.01. The lowest BCUT2D eigenvalue weighted by Crippen LogP contribution is -2.39. The third kappa shape index (κ3) is 6.74. The first kappa shape index (κ1) is 16.7. The molecule has 23 heavy (non-hydrogen) atoms. The summed E-state index contributed by atoms with van der Waals surface area (Å²) in [5.74, 6) is 1.59. The summed E-state index contributed by atoms with van der Waals surface area (Å²) in [6.45, 7) is 3.77. The molecule has 2 rings (SSSR count). The fourth-order valence-electron chi connectivity index (χ4n) is 1.88. The summed E-state index contributed by atoms with van der Waals surface area (Å²) in [4.78, 5) is 11.6. The lowest BCUT2D eigenvalue weighted by Gasteiger charge is -2.10. The SMILES string of the molecule is Cc1ccc(OCCNC(=O)NCCOc2ccccc2)cc1. The monoisotopic (exact) mass is 314 g/mol. The van der Waals surface area contributed by atoms with Gasteiger partial charge in [0, 0.05) is 0 Å². The van der Waals surface area contributed by atoms with E-state index in [0.717, 1.165) is 11.5 Å². The van der Waals surface area contributed by atoms with Crippen LogP contribution in [-0.2, 0) is 0 Å². The van der Waals surface area contributed by atoms with Gasteiger partial charge in [0.2, 0.25) is 0 Å². The van der Waals surface area contributed by atoms with Crippen LogP contribution >= 0.6 is 0 Å². The number of carbonyl (C=O) groups excluding carboxylic acids is 1. The summed E-state index contributed by atoms with van der Waals surface area (Å²) in [6.07, 6.45) is 0. The second kappa shape index (κ2) is 9.35. The molecule has 0 fully saturated rings. The maximum atomic E-state index is 11.6. The van der Waals surface area contributed by atoms with E-state index in [1.165, 1.54) is 5.56 Å². The van der Waals surface area contributed by atoms with Crippen molar-refractivity contribution >= 4 is 6.03 Å². The highest BCUT2D eigenvalue weighted by Crippen LogP contribution is 2.10. The van der Waals surface area contributed by atoms with Gasteiger partial charge in [0.05, 0.1) is 13.1 Å². The van der Waals surface area contributed by atoms with Gasteiger partial charge in [-0.3, -0.25) is 0 Å². The van der Waals surface area contributed by atoms with Crippen LogP contribution in [0.5, 0.6) is 11.5 Å². The first-order valence-electron chi connectivity index (χ1n) is 7.63. The topological polar surface area (TPSA) is 59.6 Å². The number of aryl methyl sites for hydroxylation is 1. The Morgan fingerprint density at radius 3 is 1.91 bits per heavy atom. The summed E-state index contributed by atoms with van der Waals surface area (Å²) in [6, 6.07) is 17.1. The molecule has 5 nitrogen and oxygen atoms in total. The first-order chi connectivity index (χ1) is 11.2. The molecule has 0 unspecified atom stereocenters. The van der Waals surface area contributed by atoms with Crippen LogP contribution in [0.3, 0.4) is 0 Å². The van der Waals surface area contributed by atoms with E-state index in [0.29, 0.717) is 26.3 Å². The quantitative estimate of drug-likeness (QED) is 0.737. The van der Waals surface area contributed by atoms with Crippen molar-refractivity contribution in [1.82, 2.24) is 10.6 Å². The Morgan fingerprint density at radius 2 is 1.35 bits per heavy atom. The molecule has 0 atom stereocenters. The summed E-state index contributed by atoms with van der Waals surface area (Å²) in [7, 11) is 0. The van der Waals surface area contributed by atoms with Crippen LogP contribution in [-0.4, -0.2) is 32.3 Å². The number of rotatable bonds is 8. The molecule has 0 aliphatic heterocycles. The highest BCUT2D eigenvalue weighted by Gasteiger charge is 1.99. The molecule has 0 spiro atoms. The third-order valence-corrected chi connectivity index (χ3v) is 3.08. The Kier molecular flexibility index (Phi) is 6.78. The van der Waals surface area contributed by atoms with Crippen LogP contribution in [0.15, 0.2) is 54.6 Å². The van der Waals surface area contributed by atoms with Crippen LogP contribution in [0.25, 0.3) is 0 Å². The van der Waals surface area contributed by atoms with E-state index in [1.807, 2.05) is 61.5 Å². The van der Waals surface area contributed by atoms with Gasteiger partial charge >= 0.3 is 6.03 Å². The summed E-state index contributed by atoms with van der Waals surface area (Å²) in [5, 5.41) is 5.46. The zero-order valence-corrected chi connectivity index (χ0v) is 13.2. The minimum atomic E-state index is -0.228. The van der Waals surface area contributed by atoms with E-state index in [1.54, 1.807) is 0 Å². The third-order valence-electron chi connectivity index (χ3n) is 3.08. The first-order valence-corrected chi connectivity index (χ1v) is 7.63. The molecule has 2 N–H and O–H groups in total. The number of ether oxygens (including phenoxy) is 2. The van der Waals surface area contributed by atoms with Crippen molar-refractivity contribution in [2.45, 2.75) is 6.92 Å². The average molecular weight is 314 g/mol. The molecule has 5 heteroatoms. The number of para-hydroxylation sites is 1. The van der Waals surface area contributed by atoms with Crippen LogP contribution in [0.4, 0.5) is 4.79 Å². The molecule has 0 aromatic heterocycles. The minimum absolute atomic E-state index is 0.228. The van der Waals surface area contributed by atoms with Crippen molar-refractivity contribution in [1.29, 1.82) is 0 Å². The number of nitrogens with one attached hydrogen (secondary N) is 2. The van der Waals surface area contributed by atoms with Crippen molar-refractivity contribution < 1.29 is 14.3 Å². The molecule has 0 heterocycles. The van der Waals surface area contributed by atoms with Gasteiger partial charge in [0.15, 0.2) is 0 Å². The number of hydrogen-bond donors (Lipinski definition) is 2. The highest BCUT2D eigenvalue weighted by atomic mass is 16.5. The Labute approximate surface area is 136 Å². The Morgan fingerprint density at radius 1 is 0.826 bits per heavy atom. The second-order valence-electron chi connectivity index (χ2n) is 5.01. The minimum Gasteiger partial charge on any atom is -0.492 e.